The Morgan fingerprint density at radius 3 is 2.72 bits per heavy atom. The van der Waals surface area contributed by atoms with Crippen LogP contribution in [0.15, 0.2) is 57.7 Å². The summed E-state index contributed by atoms with van der Waals surface area (Å²) in [6, 6.07) is 12.2. The number of ether oxygens (including phenoxy) is 1. The van der Waals surface area contributed by atoms with Gasteiger partial charge < -0.3 is 24.6 Å². The second kappa shape index (κ2) is 13.9. The van der Waals surface area contributed by atoms with Gasteiger partial charge in [0.25, 0.3) is 0 Å². The first kappa shape index (κ1) is 32.2. The SMILES string of the molecule is C/C=N/N1CCC/C1=C\c1c(Cl)ccc2c(CCCOc3cc(CCc4nnc(CN)o4)cc4cc(F)ccc34)c(C(=O)O)n(C)c12. The molecule has 12 heteroatoms. The molecule has 244 valence electrons. The highest BCUT2D eigenvalue weighted by atomic mass is 35.5. The molecule has 3 heterocycles. The Bertz CT molecular complexity index is 2020. The zero-order valence-corrected chi connectivity index (χ0v) is 27.1. The van der Waals surface area contributed by atoms with E-state index in [1.54, 1.807) is 23.9 Å². The van der Waals surface area contributed by atoms with E-state index in [0.29, 0.717) is 54.8 Å². The van der Waals surface area contributed by atoms with Crippen LogP contribution in [0.2, 0.25) is 5.02 Å². The van der Waals surface area contributed by atoms with Crippen LogP contribution in [0.3, 0.4) is 0 Å². The lowest BCUT2D eigenvalue weighted by Gasteiger charge is -2.14. The van der Waals surface area contributed by atoms with Crippen LogP contribution < -0.4 is 10.5 Å². The third-order valence-electron chi connectivity index (χ3n) is 8.42. The van der Waals surface area contributed by atoms with Crippen molar-refractivity contribution < 1.29 is 23.4 Å². The van der Waals surface area contributed by atoms with Gasteiger partial charge in [-0.25, -0.2) is 9.18 Å². The van der Waals surface area contributed by atoms with Gasteiger partial charge in [0.15, 0.2) is 0 Å². The Kier molecular flexibility index (Phi) is 9.55. The number of nitrogens with two attached hydrogens (primary N) is 1. The van der Waals surface area contributed by atoms with Gasteiger partial charge in [-0.3, -0.25) is 5.01 Å². The summed E-state index contributed by atoms with van der Waals surface area (Å²) in [5.74, 6) is 0.135. The molecule has 0 amide bonds. The van der Waals surface area contributed by atoms with Crippen molar-refractivity contribution in [3.05, 3.63) is 93.2 Å². The fraction of sp³-hybridized carbons (Fsp3) is 0.314. The molecule has 0 aliphatic carbocycles. The monoisotopic (exact) mass is 658 g/mol. The topological polar surface area (TPSA) is 132 Å². The molecule has 1 fully saturated rings. The van der Waals surface area contributed by atoms with Crippen molar-refractivity contribution in [3.8, 4) is 5.75 Å². The van der Waals surface area contributed by atoms with E-state index in [-0.39, 0.29) is 18.1 Å². The molecule has 0 bridgehead atoms. The van der Waals surface area contributed by atoms with E-state index in [0.717, 1.165) is 63.4 Å². The van der Waals surface area contributed by atoms with Crippen LogP contribution in [0.1, 0.15) is 65.1 Å². The summed E-state index contributed by atoms with van der Waals surface area (Å²) in [6.45, 7) is 3.20. The Morgan fingerprint density at radius 2 is 1.96 bits per heavy atom. The van der Waals surface area contributed by atoms with Crippen LogP contribution in [0.4, 0.5) is 4.39 Å². The second-order valence-electron chi connectivity index (χ2n) is 11.5. The number of benzene rings is 3. The highest BCUT2D eigenvalue weighted by Gasteiger charge is 2.24. The number of halogens is 2. The van der Waals surface area contributed by atoms with Gasteiger partial charge in [-0.05, 0) is 91.9 Å². The fourth-order valence-electron chi connectivity index (χ4n) is 6.34. The maximum atomic E-state index is 14.2. The molecule has 3 N–H and O–H groups in total. The van der Waals surface area contributed by atoms with Crippen LogP contribution in [0, 0.1) is 5.82 Å². The van der Waals surface area contributed by atoms with E-state index in [1.165, 1.54) is 12.1 Å². The molecule has 0 saturated carbocycles. The van der Waals surface area contributed by atoms with Gasteiger partial charge in [-0.1, -0.05) is 23.7 Å². The Balaban J connectivity index is 1.25. The number of hydrazone groups is 1. The first-order chi connectivity index (χ1) is 22.8. The Hall–Kier alpha value is -4.74. The van der Waals surface area contributed by atoms with Gasteiger partial charge in [0.2, 0.25) is 11.8 Å². The largest absolute Gasteiger partial charge is 0.493 e. The molecule has 0 unspecified atom stereocenters. The van der Waals surface area contributed by atoms with Crippen LogP contribution in [0.5, 0.6) is 5.75 Å². The summed E-state index contributed by atoms with van der Waals surface area (Å²) >= 11 is 6.73. The van der Waals surface area contributed by atoms with Crippen LogP contribution in [0.25, 0.3) is 27.8 Å². The van der Waals surface area contributed by atoms with Gasteiger partial charge in [0.1, 0.15) is 17.3 Å². The first-order valence-corrected chi connectivity index (χ1v) is 16.0. The predicted molar refractivity (Wildman–Crippen MR) is 180 cm³/mol. The third-order valence-corrected chi connectivity index (χ3v) is 8.75. The molecule has 5 aromatic rings. The van der Waals surface area contributed by atoms with Crippen LogP contribution in [-0.2, 0) is 32.9 Å². The van der Waals surface area contributed by atoms with E-state index < -0.39 is 5.97 Å². The van der Waals surface area contributed by atoms with Crippen molar-refractivity contribution in [2.24, 2.45) is 17.9 Å². The molecule has 47 heavy (non-hydrogen) atoms. The molecule has 6 rings (SSSR count). The number of hydrogen-bond acceptors (Lipinski definition) is 8. The zero-order valence-electron chi connectivity index (χ0n) is 26.3. The van der Waals surface area contributed by atoms with Gasteiger partial charge in [0.05, 0.1) is 18.7 Å². The van der Waals surface area contributed by atoms with E-state index in [9.17, 15) is 14.3 Å². The number of carboxylic acids is 1. The standard InChI is InChI=1S/C35H36ClFN6O4/c1-3-39-43-14-4-6-24(43)19-28-29(36)12-11-27-26(34(35(44)45)42(2)33(27)28)7-5-15-46-30-17-21(8-13-31-40-41-32(20-38)47-31)16-22-18-23(37)9-10-25(22)30/h3,9-12,16-19H,4-8,13-15,20,38H2,1-2H3,(H,44,45)/b24-19+,39-3+. The van der Waals surface area contributed by atoms with E-state index in [1.807, 2.05) is 42.3 Å². The first-order valence-electron chi connectivity index (χ1n) is 15.6. The van der Waals surface area contributed by atoms with Gasteiger partial charge in [-0.2, -0.15) is 5.10 Å². The molecule has 0 spiro atoms. The highest BCUT2D eigenvalue weighted by molar-refractivity contribution is 6.33. The lowest BCUT2D eigenvalue weighted by atomic mass is 10.0. The predicted octanol–water partition coefficient (Wildman–Crippen LogP) is 6.90. The zero-order chi connectivity index (χ0) is 33.1. The van der Waals surface area contributed by atoms with Gasteiger partial charge >= 0.3 is 5.97 Å². The minimum absolute atomic E-state index is 0.174. The third kappa shape index (κ3) is 6.72. The van der Waals surface area contributed by atoms with Gasteiger partial charge in [0, 0.05) is 53.3 Å². The smallest absolute Gasteiger partial charge is 0.352 e. The van der Waals surface area contributed by atoms with Crippen LogP contribution >= 0.6 is 11.6 Å². The van der Waals surface area contributed by atoms with Gasteiger partial charge in [-0.15, -0.1) is 10.2 Å². The van der Waals surface area contributed by atoms with Crippen molar-refractivity contribution in [2.45, 2.75) is 52.0 Å². The average Bonchev–Trinajstić information content (AvgIpc) is 3.77. The van der Waals surface area contributed by atoms with Crippen molar-refractivity contribution >= 4 is 51.5 Å². The number of carbonyl (C=O) groups is 1. The molecular weight excluding hydrogens is 623 g/mol. The van der Waals surface area contributed by atoms with E-state index in [4.69, 9.17) is 26.5 Å². The lowest BCUT2D eigenvalue weighted by Crippen LogP contribution is -2.10. The number of rotatable bonds is 12. The minimum Gasteiger partial charge on any atom is -0.493 e. The summed E-state index contributed by atoms with van der Waals surface area (Å²) in [5, 5.41) is 27.5. The molecule has 0 radical (unpaired) electrons. The molecule has 3 aromatic carbocycles. The molecule has 2 aromatic heterocycles. The fourth-order valence-corrected chi connectivity index (χ4v) is 6.55. The summed E-state index contributed by atoms with van der Waals surface area (Å²) in [7, 11) is 1.77. The van der Waals surface area contributed by atoms with Crippen LogP contribution in [-0.4, -0.2) is 50.2 Å². The second-order valence-corrected chi connectivity index (χ2v) is 11.9. The minimum atomic E-state index is -1.01. The maximum Gasteiger partial charge on any atom is 0.352 e. The summed E-state index contributed by atoms with van der Waals surface area (Å²) in [5.41, 5.74) is 10.0. The summed E-state index contributed by atoms with van der Waals surface area (Å²) < 4.78 is 27.7. The number of aromatic nitrogens is 3. The molecule has 1 aliphatic heterocycles. The molecule has 0 atom stereocenters. The summed E-state index contributed by atoms with van der Waals surface area (Å²) in [6.07, 6.45) is 7.73. The Morgan fingerprint density at radius 1 is 1.15 bits per heavy atom. The van der Waals surface area contributed by atoms with E-state index in [2.05, 4.69) is 15.3 Å². The number of allylic oxidation sites excluding steroid dienone is 1. The lowest BCUT2D eigenvalue weighted by molar-refractivity contribution is 0.0685. The normalized spacial score (nSPS) is 14.4. The average molecular weight is 659 g/mol. The number of aryl methyl sites for hydroxylation is 4. The van der Waals surface area contributed by atoms with Crippen molar-refractivity contribution in [2.75, 3.05) is 13.2 Å². The molecular formula is C35H36ClFN6O4. The maximum absolute atomic E-state index is 14.2. The highest BCUT2D eigenvalue weighted by Crippen LogP contribution is 2.36. The number of aromatic carboxylic acids is 1. The van der Waals surface area contributed by atoms with E-state index >= 15 is 0 Å². The number of nitrogens with zero attached hydrogens (tertiary/aromatic N) is 5. The quantitative estimate of drug-likeness (QED) is 0.109. The Labute approximate surface area is 276 Å². The molecule has 10 nitrogen and oxygen atoms in total. The van der Waals surface area contributed by atoms with Crippen molar-refractivity contribution in [1.82, 2.24) is 19.8 Å². The van der Waals surface area contributed by atoms with Crippen molar-refractivity contribution in [3.63, 3.8) is 0 Å². The number of hydrogen-bond donors (Lipinski definition) is 2. The number of fused-ring (bicyclic) bond motifs is 2. The van der Waals surface area contributed by atoms with Crippen molar-refractivity contribution in [1.29, 1.82) is 0 Å². The molecule has 1 saturated heterocycles. The number of carboxylic acid groups (broad SMARTS) is 1. The summed E-state index contributed by atoms with van der Waals surface area (Å²) in [4.78, 5) is 12.6. The molecule has 1 aliphatic rings.